The molecule has 2 aromatic carbocycles. The number of aromatic amines is 1. The first-order chi connectivity index (χ1) is 15.8. The Bertz CT molecular complexity index is 1420. The summed E-state index contributed by atoms with van der Waals surface area (Å²) >= 11 is 3.11. The number of nitrogens with one attached hydrogen (secondary N) is 2. The van der Waals surface area contributed by atoms with E-state index < -0.39 is 17.5 Å². The monoisotopic (exact) mass is 515 g/mol. The first-order valence-corrected chi connectivity index (χ1v) is 10.6. The number of hydrogen-bond acceptors (Lipinski definition) is 3. The van der Waals surface area contributed by atoms with Gasteiger partial charge in [0, 0.05) is 57.4 Å². The van der Waals surface area contributed by atoms with Crippen molar-refractivity contribution in [1.29, 1.82) is 0 Å². The number of anilines is 1. The van der Waals surface area contributed by atoms with Gasteiger partial charge >= 0.3 is 0 Å². The van der Waals surface area contributed by atoms with Crippen molar-refractivity contribution >= 4 is 38.6 Å². The Kier molecular flexibility index (Phi) is 6.24. The largest absolute Gasteiger partial charge is 0.493 e. The molecule has 168 valence electrons. The van der Waals surface area contributed by atoms with Crippen molar-refractivity contribution < 1.29 is 22.7 Å². The minimum atomic E-state index is -0.840. The quantitative estimate of drug-likeness (QED) is 0.296. The smallest absolute Gasteiger partial charge is 0.251 e. The summed E-state index contributed by atoms with van der Waals surface area (Å²) in [5, 5.41) is 3.21. The number of methoxy groups -OCH3 is 1. The molecule has 5 nitrogen and oxygen atoms in total. The van der Waals surface area contributed by atoms with Gasteiger partial charge in [-0.1, -0.05) is 15.9 Å². The van der Waals surface area contributed by atoms with E-state index in [-0.39, 0.29) is 22.8 Å². The average molecular weight is 516 g/mol. The van der Waals surface area contributed by atoms with Gasteiger partial charge in [-0.15, -0.1) is 0 Å². The number of aromatic nitrogens is 2. The minimum Gasteiger partial charge on any atom is -0.493 e. The molecule has 2 N–H and O–H groups in total. The fraction of sp³-hybridized carbons (Fsp3) is 0.0833. The number of ether oxygens (including phenoxy) is 1. The molecular formula is C24H17BrF3N3O2. The number of rotatable bonds is 5. The van der Waals surface area contributed by atoms with E-state index in [2.05, 4.69) is 31.2 Å². The predicted molar refractivity (Wildman–Crippen MR) is 125 cm³/mol. The number of hydrogen-bond donors (Lipinski definition) is 2. The highest BCUT2D eigenvalue weighted by Gasteiger charge is 2.18. The molecular weight excluding hydrogens is 499 g/mol. The molecule has 0 aliphatic rings. The molecule has 0 saturated heterocycles. The van der Waals surface area contributed by atoms with Crippen LogP contribution in [-0.2, 0) is 4.79 Å². The van der Waals surface area contributed by atoms with Gasteiger partial charge in [0.05, 0.1) is 7.11 Å². The first-order valence-electron chi connectivity index (χ1n) is 9.71. The molecule has 0 aliphatic carbocycles. The molecule has 0 bridgehead atoms. The van der Waals surface area contributed by atoms with Crippen LogP contribution in [0.1, 0.15) is 6.92 Å². The van der Waals surface area contributed by atoms with E-state index in [1.807, 2.05) is 0 Å². The Balaban J connectivity index is 1.82. The molecule has 0 spiro atoms. The van der Waals surface area contributed by atoms with E-state index in [4.69, 9.17) is 4.74 Å². The third-order valence-electron chi connectivity index (χ3n) is 5.09. The number of halogens is 4. The summed E-state index contributed by atoms with van der Waals surface area (Å²) in [6.45, 7) is 1.63. The zero-order valence-corrected chi connectivity index (χ0v) is 19.1. The van der Waals surface area contributed by atoms with Crippen molar-refractivity contribution in [3.05, 3.63) is 76.8 Å². The lowest BCUT2D eigenvalue weighted by Gasteiger charge is -2.11. The molecule has 0 aliphatic heterocycles. The molecule has 0 fully saturated rings. The van der Waals surface area contributed by atoms with Crippen LogP contribution in [0.4, 0.5) is 18.9 Å². The van der Waals surface area contributed by atoms with Crippen LogP contribution in [0.15, 0.2) is 59.4 Å². The van der Waals surface area contributed by atoms with Crippen molar-refractivity contribution in [3.63, 3.8) is 0 Å². The van der Waals surface area contributed by atoms with Crippen molar-refractivity contribution in [1.82, 2.24) is 9.97 Å². The Morgan fingerprint density at radius 3 is 2.61 bits per heavy atom. The maximum Gasteiger partial charge on any atom is 0.251 e. The zero-order chi connectivity index (χ0) is 23.7. The van der Waals surface area contributed by atoms with Gasteiger partial charge in [0.25, 0.3) is 5.91 Å². The van der Waals surface area contributed by atoms with Crippen LogP contribution in [0, 0.1) is 17.5 Å². The normalized spacial score (nSPS) is 11.6. The lowest BCUT2D eigenvalue weighted by atomic mass is 10.0. The molecule has 0 unspecified atom stereocenters. The van der Waals surface area contributed by atoms with Crippen LogP contribution >= 0.6 is 15.9 Å². The first kappa shape index (κ1) is 22.6. The van der Waals surface area contributed by atoms with E-state index in [0.717, 1.165) is 12.1 Å². The van der Waals surface area contributed by atoms with Gasteiger partial charge in [-0.25, -0.2) is 18.2 Å². The number of pyridine rings is 1. The van der Waals surface area contributed by atoms with E-state index in [0.29, 0.717) is 33.4 Å². The summed E-state index contributed by atoms with van der Waals surface area (Å²) in [5.74, 6) is -2.58. The van der Waals surface area contributed by atoms with E-state index in [9.17, 15) is 18.0 Å². The Morgan fingerprint density at radius 1 is 1.09 bits per heavy atom. The maximum atomic E-state index is 14.7. The van der Waals surface area contributed by atoms with Crippen molar-refractivity contribution in [2.24, 2.45) is 0 Å². The SMILES string of the molecule is COc1c(F)cc(F)cc1-c1c[nH]c2ncc(-c3cc(NC(=O)C(C)=CBr)ccc3F)cc12. The molecule has 0 atom stereocenters. The highest BCUT2D eigenvalue weighted by molar-refractivity contribution is 9.11. The number of H-pyrrole nitrogens is 1. The topological polar surface area (TPSA) is 67.0 Å². The molecule has 2 heterocycles. The van der Waals surface area contributed by atoms with Crippen molar-refractivity contribution in [3.8, 4) is 28.0 Å². The molecule has 33 heavy (non-hydrogen) atoms. The van der Waals surface area contributed by atoms with Gasteiger partial charge in [-0.2, -0.15) is 0 Å². The molecule has 4 aromatic rings. The van der Waals surface area contributed by atoms with Crippen LogP contribution in [-0.4, -0.2) is 23.0 Å². The maximum absolute atomic E-state index is 14.7. The lowest BCUT2D eigenvalue weighted by molar-refractivity contribution is -0.112. The molecule has 9 heteroatoms. The van der Waals surface area contributed by atoms with Gasteiger partial charge in [-0.3, -0.25) is 4.79 Å². The molecule has 0 saturated carbocycles. The second kappa shape index (κ2) is 9.11. The summed E-state index contributed by atoms with van der Waals surface area (Å²) < 4.78 is 48.0. The van der Waals surface area contributed by atoms with Crippen molar-refractivity contribution in [2.45, 2.75) is 6.92 Å². The van der Waals surface area contributed by atoms with Gasteiger partial charge in [0.1, 0.15) is 17.3 Å². The van der Waals surface area contributed by atoms with Crippen LogP contribution in [0.5, 0.6) is 5.75 Å². The number of carbonyl (C=O) groups excluding carboxylic acids is 1. The van der Waals surface area contributed by atoms with Crippen LogP contribution in [0.3, 0.4) is 0 Å². The fourth-order valence-electron chi connectivity index (χ4n) is 3.44. The van der Waals surface area contributed by atoms with Gasteiger partial charge < -0.3 is 15.0 Å². The summed E-state index contributed by atoms with van der Waals surface area (Å²) in [5.41, 5.74) is 2.54. The minimum absolute atomic E-state index is 0.117. The zero-order valence-electron chi connectivity index (χ0n) is 17.5. The molecule has 1 amide bonds. The number of carbonyl (C=O) groups is 1. The third kappa shape index (κ3) is 4.36. The number of nitrogens with zero attached hydrogens (tertiary/aromatic N) is 1. The Hall–Kier alpha value is -3.59. The second-order valence-corrected chi connectivity index (χ2v) is 7.69. The summed E-state index contributed by atoms with van der Waals surface area (Å²) in [6, 6.07) is 7.74. The highest BCUT2D eigenvalue weighted by Crippen LogP contribution is 2.38. The van der Waals surface area contributed by atoms with Gasteiger partial charge in [-0.05, 0) is 42.2 Å². The van der Waals surface area contributed by atoms with E-state index in [1.165, 1.54) is 36.5 Å². The highest BCUT2D eigenvalue weighted by atomic mass is 79.9. The van der Waals surface area contributed by atoms with Crippen molar-refractivity contribution in [2.75, 3.05) is 12.4 Å². The molecule has 0 radical (unpaired) electrons. The second-order valence-electron chi connectivity index (χ2n) is 7.23. The molecule has 4 rings (SSSR count). The average Bonchev–Trinajstić information content (AvgIpc) is 3.22. The molecule has 2 aromatic heterocycles. The van der Waals surface area contributed by atoms with Crippen LogP contribution < -0.4 is 10.1 Å². The Labute approximate surface area is 195 Å². The van der Waals surface area contributed by atoms with E-state index in [1.54, 1.807) is 19.2 Å². The lowest BCUT2D eigenvalue weighted by Crippen LogP contribution is -2.12. The number of benzene rings is 2. The number of fused-ring (bicyclic) bond motifs is 1. The van der Waals surface area contributed by atoms with Crippen LogP contribution in [0.2, 0.25) is 0 Å². The Morgan fingerprint density at radius 2 is 1.88 bits per heavy atom. The standard InChI is InChI=1S/C24H17BrF3N3O2/c1-12(9-25)24(32)31-15-3-4-20(27)16(8-15)13-5-18-19(11-30-23(18)29-10-13)17-6-14(26)7-21(28)22(17)33-2/h3-11H,1-2H3,(H,29,30)(H,31,32). The number of amides is 1. The summed E-state index contributed by atoms with van der Waals surface area (Å²) in [6.07, 6.45) is 3.03. The predicted octanol–water partition coefficient (Wildman–Crippen LogP) is 6.56. The summed E-state index contributed by atoms with van der Waals surface area (Å²) in [7, 11) is 1.29. The van der Waals surface area contributed by atoms with Crippen LogP contribution in [0.25, 0.3) is 33.3 Å². The van der Waals surface area contributed by atoms with Gasteiger partial charge in [0.15, 0.2) is 11.6 Å². The van der Waals surface area contributed by atoms with E-state index >= 15 is 0 Å². The fourth-order valence-corrected chi connectivity index (χ4v) is 3.65. The summed E-state index contributed by atoms with van der Waals surface area (Å²) in [4.78, 5) is 20.9. The third-order valence-corrected chi connectivity index (χ3v) is 5.78. The van der Waals surface area contributed by atoms with Gasteiger partial charge in [0.2, 0.25) is 0 Å².